The van der Waals surface area contributed by atoms with Crippen molar-refractivity contribution in [1.82, 2.24) is 52.3 Å². The normalized spacial score (nSPS) is 23.9. The van der Waals surface area contributed by atoms with Crippen molar-refractivity contribution in [2.24, 2.45) is 11.8 Å². The molecule has 4 aliphatic rings. The number of aliphatic hydroxyl groups excluding tert-OH is 2. The van der Waals surface area contributed by atoms with Gasteiger partial charge < -0.3 is 72.0 Å². The van der Waals surface area contributed by atoms with E-state index in [-0.39, 0.29) is 76.6 Å². The van der Waals surface area contributed by atoms with Crippen molar-refractivity contribution in [3.8, 4) is 0 Å². The van der Waals surface area contributed by atoms with Gasteiger partial charge in [-0.15, -0.1) is 0 Å². The highest BCUT2D eigenvalue weighted by Gasteiger charge is 2.50. The minimum atomic E-state index is -1.07. The molecule has 8 amide bonds. The number of carbonyl (C=O) groups excluding carboxylic acids is 8. The smallest absolute Gasteiger partial charge is 0.247 e. The fourth-order valence-electron chi connectivity index (χ4n) is 11.9. The molecule has 10 N–H and O–H groups in total. The van der Waals surface area contributed by atoms with Crippen LogP contribution in [0.4, 0.5) is 0 Å². The van der Waals surface area contributed by atoms with Gasteiger partial charge in [0.05, 0.1) is 38.5 Å². The average Bonchev–Trinajstić information content (AvgIpc) is 3.90. The van der Waals surface area contributed by atoms with Gasteiger partial charge in [0.2, 0.25) is 47.3 Å². The molecule has 0 aromatic heterocycles. The molecular formula is C60H84N10O12. The molecule has 0 saturated carbocycles. The molecule has 4 heterocycles. The van der Waals surface area contributed by atoms with Crippen LogP contribution in [0, 0.1) is 11.8 Å². The number of fused-ring (bicyclic) bond motifs is 2. The van der Waals surface area contributed by atoms with E-state index in [1.54, 1.807) is 72.4 Å². The Morgan fingerprint density at radius 1 is 0.524 bits per heavy atom. The van der Waals surface area contributed by atoms with E-state index >= 15 is 0 Å². The summed E-state index contributed by atoms with van der Waals surface area (Å²) in [6, 6.07) is 17.9. The third-order valence-electron chi connectivity index (χ3n) is 16.6. The molecule has 82 heavy (non-hydrogen) atoms. The lowest BCUT2D eigenvalue weighted by molar-refractivity contribution is -0.144. The molecule has 4 saturated heterocycles. The number of aliphatic hydroxyl groups is 2. The van der Waals surface area contributed by atoms with E-state index < -0.39 is 95.6 Å². The lowest BCUT2D eigenvalue weighted by atomic mass is 9.93. The van der Waals surface area contributed by atoms with E-state index in [0.29, 0.717) is 75.3 Å². The van der Waals surface area contributed by atoms with Crippen LogP contribution in [0.2, 0.25) is 0 Å². The maximum Gasteiger partial charge on any atom is 0.247 e. The Morgan fingerprint density at radius 3 is 1.23 bits per heavy atom. The zero-order valence-corrected chi connectivity index (χ0v) is 47.6. The monoisotopic (exact) mass is 1140 g/mol. The van der Waals surface area contributed by atoms with Gasteiger partial charge in [0.1, 0.15) is 36.3 Å². The van der Waals surface area contributed by atoms with Gasteiger partial charge in [0, 0.05) is 50.2 Å². The molecule has 0 bridgehead atoms. The Balaban J connectivity index is 0.851. The van der Waals surface area contributed by atoms with Crippen LogP contribution in [0.25, 0.3) is 0 Å². The Labute approximate surface area is 480 Å². The lowest BCUT2D eigenvalue weighted by Gasteiger charge is -2.33. The average molecular weight is 1140 g/mol. The highest BCUT2D eigenvalue weighted by molar-refractivity contribution is 5.97. The molecule has 3 aromatic rings. The molecule has 22 heteroatoms. The summed E-state index contributed by atoms with van der Waals surface area (Å²) in [5.41, 5.74) is 2.88. The van der Waals surface area contributed by atoms with Gasteiger partial charge in [0.25, 0.3) is 0 Å². The van der Waals surface area contributed by atoms with Gasteiger partial charge in [-0.1, -0.05) is 98.8 Å². The molecular weight excluding hydrogens is 1050 g/mol. The number of nitrogens with zero attached hydrogens (tertiary/aromatic N) is 2. The van der Waals surface area contributed by atoms with Crippen molar-refractivity contribution in [3.05, 3.63) is 107 Å². The van der Waals surface area contributed by atoms with Crippen molar-refractivity contribution in [2.75, 3.05) is 53.6 Å². The Kier molecular flexibility index (Phi) is 23.7. The summed E-state index contributed by atoms with van der Waals surface area (Å²) in [7, 11) is 3.33. The number of hydrogen-bond acceptors (Lipinski definition) is 14. The van der Waals surface area contributed by atoms with Gasteiger partial charge in [-0.2, -0.15) is 0 Å². The number of likely N-dealkylation sites (N-methyl/N-ethyl adjacent to an activating group) is 2. The van der Waals surface area contributed by atoms with Crippen molar-refractivity contribution < 1.29 is 58.0 Å². The second-order valence-electron chi connectivity index (χ2n) is 21.7. The predicted octanol–water partition coefficient (Wildman–Crippen LogP) is 1.16. The quantitative estimate of drug-likeness (QED) is 0.0457. The van der Waals surface area contributed by atoms with E-state index in [9.17, 15) is 48.6 Å². The summed E-state index contributed by atoms with van der Waals surface area (Å²) in [6.45, 7) is 4.28. The Morgan fingerprint density at radius 2 is 0.890 bits per heavy atom. The molecule has 0 spiro atoms. The fraction of sp³-hybridized carbons (Fsp3) is 0.567. The first-order valence-electron chi connectivity index (χ1n) is 29.1. The second kappa shape index (κ2) is 31.0. The van der Waals surface area contributed by atoms with Gasteiger partial charge in [-0.05, 0) is 101 Å². The molecule has 0 aliphatic carbocycles. The van der Waals surface area contributed by atoms with Crippen molar-refractivity contribution in [3.63, 3.8) is 0 Å². The summed E-state index contributed by atoms with van der Waals surface area (Å²) >= 11 is 0. The first-order valence-corrected chi connectivity index (χ1v) is 29.1. The number of nitrogens with one attached hydrogen (secondary N) is 8. The molecule has 7 rings (SSSR count). The van der Waals surface area contributed by atoms with Gasteiger partial charge in [0.15, 0.2) is 0 Å². The SMILES string of the molecule is CC[C@H](NC)C(=O)N[C@@H]1C(=O)N2[C@@H](CC[C@@H]1CO)CC[C@H]2C(=O)N[C@H](C(=O)NCCOCc1ccc(COCCNC(=O)[C@@H](NC(=O)[C@@H]2CC[C@@H]3CC[C@H](CO)[C@H](NC(=O)[C@H](CC)NC)C(=O)N32)c2ccccc2)cc1)c1ccccc1. The highest BCUT2D eigenvalue weighted by Crippen LogP contribution is 2.36. The maximum absolute atomic E-state index is 14.2. The molecule has 0 unspecified atom stereocenters. The number of rotatable bonds is 28. The molecule has 22 nitrogen and oxygen atoms in total. The maximum atomic E-state index is 14.2. The van der Waals surface area contributed by atoms with E-state index in [2.05, 4.69) is 42.5 Å². The van der Waals surface area contributed by atoms with Crippen LogP contribution < -0.4 is 42.5 Å². The number of carbonyl (C=O) groups is 8. The Hall–Kier alpha value is -6.82. The van der Waals surface area contributed by atoms with E-state index in [1.165, 1.54) is 0 Å². The summed E-state index contributed by atoms with van der Waals surface area (Å²) < 4.78 is 11.8. The molecule has 3 aromatic carbocycles. The third-order valence-corrected chi connectivity index (χ3v) is 16.6. The molecule has 4 aliphatic heterocycles. The first kappa shape index (κ1) is 62.8. The molecule has 4 fully saturated rings. The van der Waals surface area contributed by atoms with Gasteiger partial charge in [-0.25, -0.2) is 0 Å². The minimum absolute atomic E-state index is 0.150. The molecule has 12 atom stereocenters. The zero-order chi connectivity index (χ0) is 58.7. The number of ether oxygens (including phenoxy) is 2. The topological polar surface area (TPSA) is 298 Å². The first-order chi connectivity index (χ1) is 39.7. The van der Waals surface area contributed by atoms with E-state index in [4.69, 9.17) is 9.47 Å². The molecule has 0 radical (unpaired) electrons. The minimum Gasteiger partial charge on any atom is -0.396 e. The fourth-order valence-corrected chi connectivity index (χ4v) is 11.9. The van der Waals surface area contributed by atoms with E-state index in [0.717, 1.165) is 11.1 Å². The zero-order valence-electron chi connectivity index (χ0n) is 47.6. The van der Waals surface area contributed by atoms with Crippen LogP contribution >= 0.6 is 0 Å². The van der Waals surface area contributed by atoms with Crippen LogP contribution in [0.1, 0.15) is 112 Å². The van der Waals surface area contributed by atoms with Gasteiger partial charge in [-0.3, -0.25) is 38.4 Å². The number of benzene rings is 3. The van der Waals surface area contributed by atoms with Crippen molar-refractivity contribution in [2.45, 2.75) is 152 Å². The van der Waals surface area contributed by atoms with Crippen molar-refractivity contribution in [1.29, 1.82) is 0 Å². The van der Waals surface area contributed by atoms with Crippen LogP contribution in [0.5, 0.6) is 0 Å². The number of amides is 8. The summed E-state index contributed by atoms with van der Waals surface area (Å²) in [4.78, 5) is 114. The number of hydrogen-bond donors (Lipinski definition) is 10. The second-order valence-corrected chi connectivity index (χ2v) is 21.7. The van der Waals surface area contributed by atoms with Crippen molar-refractivity contribution >= 4 is 47.3 Å². The molecule has 446 valence electrons. The summed E-state index contributed by atoms with van der Waals surface area (Å²) in [5, 5.41) is 43.7. The third kappa shape index (κ3) is 15.8. The van der Waals surface area contributed by atoms with E-state index in [1.807, 2.05) is 50.2 Å². The Bertz CT molecular complexity index is 2430. The largest absolute Gasteiger partial charge is 0.396 e. The summed E-state index contributed by atoms with van der Waals surface area (Å²) in [5.74, 6) is -4.43. The van der Waals surface area contributed by atoms with Gasteiger partial charge >= 0.3 is 0 Å². The van der Waals surface area contributed by atoms with Crippen LogP contribution in [0.15, 0.2) is 84.9 Å². The standard InChI is InChI=1S/C60H84N10O12/c1-5-45(61-3)53(73)67-51-41(33-71)21-23-43-25-27-47(69(43)59(51)79)55(75)65-49(39-13-9-7-10-14-39)57(77)63-29-31-81-35-37-17-19-38(20-18-37)36-82-32-30-64-58(78)50(40-15-11-8-12-16-40)66-56(76)48-28-26-44-24-22-42(34-72)52(60(80)70(44)48)68-54(74)46(6-2)62-4/h7-20,41-52,61-62,71-72H,5-6,21-36H2,1-4H3,(H,63,77)(H,64,78)(H,65,75)(H,66,76)(H,67,73)(H,68,74)/t41-,42-,43+,44+,45+,46+,47+,48+,49+,50+,51+,52+/m1/s1. The summed E-state index contributed by atoms with van der Waals surface area (Å²) in [6.07, 6.45) is 5.04. The van der Waals surface area contributed by atoms with Crippen LogP contribution in [0.3, 0.4) is 0 Å². The lowest BCUT2D eigenvalue weighted by Crippen LogP contribution is -2.59. The van der Waals surface area contributed by atoms with Crippen LogP contribution in [-0.4, -0.2) is 169 Å². The van der Waals surface area contributed by atoms with Crippen LogP contribution in [-0.2, 0) is 61.0 Å². The highest BCUT2D eigenvalue weighted by atomic mass is 16.5. The predicted molar refractivity (Wildman–Crippen MR) is 303 cm³/mol.